The van der Waals surface area contributed by atoms with E-state index in [1.165, 1.54) is 0 Å². The van der Waals surface area contributed by atoms with E-state index in [-0.39, 0.29) is 31.0 Å². The number of ether oxygens (including phenoxy) is 1. The van der Waals surface area contributed by atoms with E-state index in [0.717, 1.165) is 22.3 Å². The highest BCUT2D eigenvalue weighted by atomic mass is 35.5. The molecule has 0 unspecified atom stereocenters. The van der Waals surface area contributed by atoms with Crippen LogP contribution in [0.3, 0.4) is 0 Å². The van der Waals surface area contributed by atoms with Gasteiger partial charge < -0.3 is 15.0 Å². The number of benzene rings is 3. The van der Waals surface area contributed by atoms with Crippen molar-refractivity contribution in [2.75, 3.05) is 6.61 Å². The molecule has 0 aromatic heterocycles. The molecular formula is C29H33ClN2O3. The summed E-state index contributed by atoms with van der Waals surface area (Å²) in [6.45, 7) is 7.84. The first kappa shape index (κ1) is 26.3. The van der Waals surface area contributed by atoms with Gasteiger partial charge in [-0.25, -0.2) is 0 Å². The zero-order chi connectivity index (χ0) is 25.4. The van der Waals surface area contributed by atoms with Gasteiger partial charge in [0.25, 0.3) is 5.91 Å². The van der Waals surface area contributed by atoms with Crippen LogP contribution in [0.15, 0.2) is 72.8 Å². The molecule has 1 atom stereocenters. The van der Waals surface area contributed by atoms with Gasteiger partial charge in [0.2, 0.25) is 5.91 Å². The maximum atomic E-state index is 13.6. The highest BCUT2D eigenvalue weighted by Gasteiger charge is 2.31. The average molecular weight is 493 g/mol. The summed E-state index contributed by atoms with van der Waals surface area (Å²) in [4.78, 5) is 28.6. The number of hydrogen-bond donors (Lipinski definition) is 1. The summed E-state index contributed by atoms with van der Waals surface area (Å²) < 4.78 is 5.93. The van der Waals surface area contributed by atoms with Crippen molar-refractivity contribution in [2.45, 2.75) is 52.7 Å². The summed E-state index contributed by atoms with van der Waals surface area (Å²) in [6, 6.07) is 22.0. The van der Waals surface area contributed by atoms with Crippen LogP contribution < -0.4 is 10.1 Å². The number of rotatable bonds is 10. The molecule has 0 saturated carbocycles. The first-order valence-corrected chi connectivity index (χ1v) is 12.2. The molecule has 3 aromatic rings. The fourth-order valence-electron chi connectivity index (χ4n) is 3.87. The minimum atomic E-state index is -0.714. The van der Waals surface area contributed by atoms with Crippen molar-refractivity contribution in [3.05, 3.63) is 100 Å². The number of hydrogen-bond acceptors (Lipinski definition) is 3. The predicted molar refractivity (Wildman–Crippen MR) is 141 cm³/mol. The molecule has 0 heterocycles. The van der Waals surface area contributed by atoms with Crippen LogP contribution in [0.2, 0.25) is 5.02 Å². The molecule has 1 N–H and O–H groups in total. The molecule has 184 valence electrons. The molecule has 6 heteroatoms. The molecule has 0 radical (unpaired) electrons. The molecular weight excluding hydrogens is 460 g/mol. The van der Waals surface area contributed by atoms with Gasteiger partial charge in [-0.1, -0.05) is 66.2 Å². The van der Waals surface area contributed by atoms with Crippen molar-refractivity contribution >= 4 is 23.4 Å². The van der Waals surface area contributed by atoms with Crippen LogP contribution in [-0.4, -0.2) is 35.4 Å². The predicted octanol–water partition coefficient (Wildman–Crippen LogP) is 5.50. The minimum absolute atomic E-state index is 0.0601. The molecule has 2 amide bonds. The lowest BCUT2D eigenvalue weighted by Crippen LogP contribution is -2.52. The molecule has 3 aromatic carbocycles. The Balaban J connectivity index is 1.93. The topological polar surface area (TPSA) is 58.6 Å². The zero-order valence-electron chi connectivity index (χ0n) is 20.8. The van der Waals surface area contributed by atoms with E-state index in [0.29, 0.717) is 17.2 Å². The van der Waals surface area contributed by atoms with Gasteiger partial charge in [0, 0.05) is 24.0 Å². The molecule has 3 rings (SSSR count). The number of aryl methyl sites for hydroxylation is 1. The van der Waals surface area contributed by atoms with E-state index >= 15 is 0 Å². The van der Waals surface area contributed by atoms with Crippen molar-refractivity contribution in [3.63, 3.8) is 0 Å². The number of nitrogens with one attached hydrogen (secondary N) is 1. The first-order chi connectivity index (χ1) is 16.7. The van der Waals surface area contributed by atoms with Gasteiger partial charge in [-0.05, 0) is 68.1 Å². The lowest BCUT2D eigenvalue weighted by atomic mass is 10.0. The van der Waals surface area contributed by atoms with Gasteiger partial charge in [0.05, 0.1) is 0 Å². The third kappa shape index (κ3) is 7.59. The highest BCUT2D eigenvalue weighted by molar-refractivity contribution is 6.30. The highest BCUT2D eigenvalue weighted by Crippen LogP contribution is 2.22. The van der Waals surface area contributed by atoms with Crippen molar-refractivity contribution < 1.29 is 14.3 Å². The van der Waals surface area contributed by atoms with E-state index in [4.69, 9.17) is 16.3 Å². The van der Waals surface area contributed by atoms with Crippen LogP contribution in [0.25, 0.3) is 0 Å². The van der Waals surface area contributed by atoms with Crippen molar-refractivity contribution in [2.24, 2.45) is 0 Å². The molecule has 0 spiro atoms. The Morgan fingerprint density at radius 1 is 0.943 bits per heavy atom. The molecule has 0 aliphatic carbocycles. The summed E-state index contributed by atoms with van der Waals surface area (Å²) in [5.74, 6) is 0.184. The Morgan fingerprint density at radius 2 is 1.63 bits per heavy atom. The summed E-state index contributed by atoms with van der Waals surface area (Å²) in [5.41, 5.74) is 3.88. The number of halogens is 1. The average Bonchev–Trinajstić information content (AvgIpc) is 2.82. The van der Waals surface area contributed by atoms with Gasteiger partial charge >= 0.3 is 0 Å². The van der Waals surface area contributed by atoms with E-state index in [2.05, 4.69) is 5.32 Å². The van der Waals surface area contributed by atoms with Gasteiger partial charge in [0.1, 0.15) is 11.8 Å². The molecule has 0 fully saturated rings. The molecule has 0 aliphatic heterocycles. The monoisotopic (exact) mass is 492 g/mol. The van der Waals surface area contributed by atoms with E-state index in [1.807, 2.05) is 94.4 Å². The van der Waals surface area contributed by atoms with Crippen LogP contribution >= 0.6 is 11.6 Å². The fraction of sp³-hybridized carbons (Fsp3) is 0.310. The summed E-state index contributed by atoms with van der Waals surface area (Å²) in [7, 11) is 0. The second kappa shape index (κ2) is 12.4. The third-order valence-corrected chi connectivity index (χ3v) is 6.09. The maximum absolute atomic E-state index is 13.6. The van der Waals surface area contributed by atoms with Crippen molar-refractivity contribution in [3.8, 4) is 5.75 Å². The second-order valence-electron chi connectivity index (χ2n) is 9.01. The van der Waals surface area contributed by atoms with E-state index in [1.54, 1.807) is 11.0 Å². The first-order valence-electron chi connectivity index (χ1n) is 11.8. The van der Waals surface area contributed by atoms with Crippen molar-refractivity contribution in [1.29, 1.82) is 0 Å². The molecule has 5 nitrogen and oxygen atoms in total. The van der Waals surface area contributed by atoms with Gasteiger partial charge in [-0.15, -0.1) is 0 Å². The Hall–Kier alpha value is -3.31. The van der Waals surface area contributed by atoms with E-state index in [9.17, 15) is 9.59 Å². The standard InChI is InChI=1S/C29H33ClN2O3/c1-20(2)31-29(34)26(17-23-11-6-5-7-12-23)32(18-24-13-9-14-25(30)16-24)28(33)19-35-27-15-8-10-21(3)22(27)4/h5-16,20,26H,17-19H2,1-4H3,(H,31,34)/t26-/m1/s1. The largest absolute Gasteiger partial charge is 0.483 e. The minimum Gasteiger partial charge on any atom is -0.483 e. The zero-order valence-corrected chi connectivity index (χ0v) is 21.5. The van der Waals surface area contributed by atoms with Crippen LogP contribution in [-0.2, 0) is 22.6 Å². The molecule has 0 bridgehead atoms. The molecule has 35 heavy (non-hydrogen) atoms. The van der Waals surface area contributed by atoms with Crippen LogP contribution in [0.5, 0.6) is 5.75 Å². The normalized spacial score (nSPS) is 11.7. The SMILES string of the molecule is Cc1cccc(OCC(=O)N(Cc2cccc(Cl)c2)[C@H](Cc2ccccc2)C(=O)NC(C)C)c1C. The van der Waals surface area contributed by atoms with Crippen LogP contribution in [0.1, 0.15) is 36.1 Å². The number of carbonyl (C=O) groups excluding carboxylic acids is 2. The Bertz CT molecular complexity index is 1150. The van der Waals surface area contributed by atoms with Crippen LogP contribution in [0.4, 0.5) is 0 Å². The number of amides is 2. The van der Waals surface area contributed by atoms with Gasteiger partial charge in [-0.2, -0.15) is 0 Å². The lowest BCUT2D eigenvalue weighted by Gasteiger charge is -2.32. The number of carbonyl (C=O) groups is 2. The number of nitrogens with zero attached hydrogens (tertiary/aromatic N) is 1. The smallest absolute Gasteiger partial charge is 0.261 e. The van der Waals surface area contributed by atoms with Gasteiger partial charge in [-0.3, -0.25) is 9.59 Å². The quantitative estimate of drug-likeness (QED) is 0.406. The third-order valence-electron chi connectivity index (χ3n) is 5.85. The summed E-state index contributed by atoms with van der Waals surface area (Å²) in [5, 5.41) is 3.56. The van der Waals surface area contributed by atoms with Crippen LogP contribution in [0, 0.1) is 13.8 Å². The molecule has 0 aliphatic rings. The lowest BCUT2D eigenvalue weighted by molar-refractivity contribution is -0.143. The Labute approximate surface area is 213 Å². The fourth-order valence-corrected chi connectivity index (χ4v) is 4.08. The summed E-state index contributed by atoms with van der Waals surface area (Å²) >= 11 is 6.21. The summed E-state index contributed by atoms with van der Waals surface area (Å²) in [6.07, 6.45) is 0.384. The maximum Gasteiger partial charge on any atom is 0.261 e. The van der Waals surface area contributed by atoms with E-state index < -0.39 is 6.04 Å². The Kier molecular flexibility index (Phi) is 9.32. The second-order valence-corrected chi connectivity index (χ2v) is 9.44. The Morgan fingerprint density at radius 3 is 2.31 bits per heavy atom. The van der Waals surface area contributed by atoms with Gasteiger partial charge in [0.15, 0.2) is 6.61 Å². The van der Waals surface area contributed by atoms with Crippen molar-refractivity contribution in [1.82, 2.24) is 10.2 Å². The molecule has 0 saturated heterocycles.